The van der Waals surface area contributed by atoms with Crippen molar-refractivity contribution in [1.29, 1.82) is 0 Å². The Balaban J connectivity index is 1.48. The van der Waals surface area contributed by atoms with E-state index in [1.807, 2.05) is 11.0 Å². The normalized spacial score (nSPS) is 21.1. The van der Waals surface area contributed by atoms with Crippen molar-refractivity contribution >= 4 is 57.7 Å². The standard InChI is InChI=1S/C23H24N4O6S2/c28-18(29)5-3-9-27-21(31)16(35-22(27)34)14-15-19(24-17-4-1-2-8-26(17)20(15)30)25-10-6-23(7-11-25)32-12-13-33-23/h1-2,4,8,14H,3,5-7,9-13H2,(H,28,29)/b16-14+. The highest BCUT2D eigenvalue weighted by Gasteiger charge is 2.41. The van der Waals surface area contributed by atoms with Crippen LogP contribution in [0.1, 0.15) is 31.2 Å². The van der Waals surface area contributed by atoms with E-state index >= 15 is 0 Å². The molecule has 184 valence electrons. The molecule has 3 aliphatic rings. The summed E-state index contributed by atoms with van der Waals surface area (Å²) in [4.78, 5) is 45.9. The van der Waals surface area contributed by atoms with Crippen molar-refractivity contribution in [3.8, 4) is 0 Å². The third-order valence-corrected chi connectivity index (χ3v) is 7.69. The molecule has 0 bridgehead atoms. The van der Waals surface area contributed by atoms with Crippen LogP contribution in [0.2, 0.25) is 0 Å². The van der Waals surface area contributed by atoms with Gasteiger partial charge in [0.15, 0.2) is 5.79 Å². The van der Waals surface area contributed by atoms with Gasteiger partial charge in [-0.2, -0.15) is 0 Å². The zero-order chi connectivity index (χ0) is 24.6. The number of ether oxygens (including phenoxy) is 2. The number of anilines is 1. The summed E-state index contributed by atoms with van der Waals surface area (Å²) in [7, 11) is 0. The molecule has 3 fully saturated rings. The zero-order valence-corrected chi connectivity index (χ0v) is 20.5. The monoisotopic (exact) mass is 516 g/mol. The van der Waals surface area contributed by atoms with Gasteiger partial charge in [0.2, 0.25) is 0 Å². The van der Waals surface area contributed by atoms with Crippen LogP contribution in [0.5, 0.6) is 0 Å². The molecule has 0 unspecified atom stereocenters. The first-order chi connectivity index (χ1) is 16.9. The van der Waals surface area contributed by atoms with E-state index in [-0.39, 0.29) is 24.4 Å². The number of thioether (sulfide) groups is 1. The third kappa shape index (κ3) is 4.70. The van der Waals surface area contributed by atoms with Crippen LogP contribution < -0.4 is 10.5 Å². The Morgan fingerprint density at radius 1 is 1.23 bits per heavy atom. The van der Waals surface area contributed by atoms with E-state index in [1.165, 1.54) is 9.30 Å². The number of carbonyl (C=O) groups is 2. The Hall–Kier alpha value is -2.80. The molecule has 2 aromatic rings. The van der Waals surface area contributed by atoms with Gasteiger partial charge < -0.3 is 19.5 Å². The van der Waals surface area contributed by atoms with Crippen molar-refractivity contribution < 1.29 is 24.2 Å². The van der Waals surface area contributed by atoms with Crippen LogP contribution in [-0.4, -0.2) is 74.2 Å². The van der Waals surface area contributed by atoms with E-state index in [1.54, 1.807) is 24.4 Å². The number of pyridine rings is 1. The molecule has 5 heterocycles. The molecule has 2 aromatic heterocycles. The number of carbonyl (C=O) groups excluding carboxylic acids is 1. The van der Waals surface area contributed by atoms with Crippen LogP contribution >= 0.6 is 24.0 Å². The molecule has 0 radical (unpaired) electrons. The minimum absolute atomic E-state index is 0.0555. The Morgan fingerprint density at radius 3 is 2.69 bits per heavy atom. The average Bonchev–Trinajstić information content (AvgIpc) is 3.40. The molecule has 0 aliphatic carbocycles. The Morgan fingerprint density at radius 2 is 1.97 bits per heavy atom. The summed E-state index contributed by atoms with van der Waals surface area (Å²) in [6, 6.07) is 5.34. The summed E-state index contributed by atoms with van der Waals surface area (Å²) in [6.07, 6.45) is 4.74. The maximum atomic E-state index is 13.5. The Labute approximate surface area is 210 Å². The van der Waals surface area contributed by atoms with E-state index in [0.29, 0.717) is 71.8 Å². The maximum absolute atomic E-state index is 13.5. The fourth-order valence-corrected chi connectivity index (χ4v) is 5.81. The van der Waals surface area contributed by atoms with Crippen molar-refractivity contribution in [2.24, 2.45) is 0 Å². The predicted molar refractivity (Wildman–Crippen MR) is 134 cm³/mol. The quantitative estimate of drug-likeness (QED) is 0.452. The molecule has 10 nitrogen and oxygen atoms in total. The van der Waals surface area contributed by atoms with Gasteiger partial charge in [-0.25, -0.2) is 4.98 Å². The van der Waals surface area contributed by atoms with Gasteiger partial charge in [-0.05, 0) is 24.6 Å². The number of piperidine rings is 1. The van der Waals surface area contributed by atoms with Crippen molar-refractivity contribution in [3.05, 3.63) is 45.2 Å². The minimum Gasteiger partial charge on any atom is -0.481 e. The maximum Gasteiger partial charge on any atom is 0.303 e. The second-order valence-corrected chi connectivity index (χ2v) is 10.2. The van der Waals surface area contributed by atoms with Crippen LogP contribution in [-0.2, 0) is 19.1 Å². The first-order valence-electron chi connectivity index (χ1n) is 11.4. The number of aromatic nitrogens is 2. The number of rotatable bonds is 6. The number of thiocarbonyl (C=S) groups is 1. The van der Waals surface area contributed by atoms with Crippen LogP contribution in [0.25, 0.3) is 11.7 Å². The summed E-state index contributed by atoms with van der Waals surface area (Å²) >= 11 is 6.47. The van der Waals surface area contributed by atoms with Gasteiger partial charge in [-0.3, -0.25) is 23.7 Å². The lowest BCUT2D eigenvalue weighted by Gasteiger charge is -2.38. The van der Waals surface area contributed by atoms with Crippen molar-refractivity contribution in [2.75, 3.05) is 37.7 Å². The van der Waals surface area contributed by atoms with Crippen molar-refractivity contribution in [1.82, 2.24) is 14.3 Å². The minimum atomic E-state index is -0.928. The molecule has 0 saturated carbocycles. The highest BCUT2D eigenvalue weighted by molar-refractivity contribution is 8.26. The first kappa shape index (κ1) is 23.9. The first-order valence-corrected chi connectivity index (χ1v) is 12.6. The van der Waals surface area contributed by atoms with Gasteiger partial charge in [0.25, 0.3) is 11.5 Å². The lowest BCUT2D eigenvalue weighted by molar-refractivity contribution is -0.169. The summed E-state index contributed by atoms with van der Waals surface area (Å²) in [5.41, 5.74) is 0.541. The van der Waals surface area contributed by atoms with E-state index < -0.39 is 11.8 Å². The van der Waals surface area contributed by atoms with E-state index in [2.05, 4.69) is 0 Å². The van der Waals surface area contributed by atoms with Gasteiger partial charge in [0.05, 0.1) is 23.7 Å². The number of aliphatic carboxylic acids is 1. The number of hydrogen-bond donors (Lipinski definition) is 1. The average molecular weight is 517 g/mol. The lowest BCUT2D eigenvalue weighted by Crippen LogP contribution is -2.46. The Kier molecular flexibility index (Phi) is 6.62. The smallest absolute Gasteiger partial charge is 0.303 e. The fourth-order valence-electron chi connectivity index (χ4n) is 4.52. The van der Waals surface area contributed by atoms with E-state index in [9.17, 15) is 14.4 Å². The number of fused-ring (bicyclic) bond motifs is 1. The number of carboxylic acid groups (broad SMARTS) is 1. The Bertz CT molecular complexity index is 1280. The SMILES string of the molecule is O=C(O)CCCN1C(=O)/C(=C\c2c(N3CCC4(CC3)OCCO4)nc3ccccn3c2=O)SC1=S. The predicted octanol–water partition coefficient (Wildman–Crippen LogP) is 2.10. The van der Waals surface area contributed by atoms with Crippen molar-refractivity contribution in [3.63, 3.8) is 0 Å². The molecule has 0 aromatic carbocycles. The van der Waals surface area contributed by atoms with E-state index in [4.69, 9.17) is 31.8 Å². The van der Waals surface area contributed by atoms with Crippen LogP contribution in [0.15, 0.2) is 34.1 Å². The molecule has 35 heavy (non-hydrogen) atoms. The molecule has 5 rings (SSSR count). The van der Waals surface area contributed by atoms with Crippen molar-refractivity contribution in [2.45, 2.75) is 31.5 Å². The second-order valence-electron chi connectivity index (χ2n) is 8.51. The number of hydrogen-bond acceptors (Lipinski definition) is 9. The molecule has 3 saturated heterocycles. The molecule has 0 atom stereocenters. The van der Waals surface area contributed by atoms with Gasteiger partial charge in [0, 0.05) is 45.1 Å². The molecule has 3 aliphatic heterocycles. The van der Waals surface area contributed by atoms with Gasteiger partial charge in [-0.1, -0.05) is 30.0 Å². The van der Waals surface area contributed by atoms with Gasteiger partial charge in [0.1, 0.15) is 15.8 Å². The zero-order valence-electron chi connectivity index (χ0n) is 18.8. The fraction of sp³-hybridized carbons (Fsp3) is 0.435. The molecular weight excluding hydrogens is 492 g/mol. The van der Waals surface area contributed by atoms with Gasteiger partial charge >= 0.3 is 5.97 Å². The number of carboxylic acids is 1. The molecule has 1 N–H and O–H groups in total. The summed E-state index contributed by atoms with van der Waals surface area (Å²) in [5, 5.41) is 8.89. The number of nitrogens with zero attached hydrogens (tertiary/aromatic N) is 4. The highest BCUT2D eigenvalue weighted by atomic mass is 32.2. The summed E-state index contributed by atoms with van der Waals surface area (Å²) < 4.78 is 13.5. The van der Waals surface area contributed by atoms with Crippen LogP contribution in [0, 0.1) is 0 Å². The molecular formula is C23H24N4O6S2. The second kappa shape index (κ2) is 9.69. The highest BCUT2D eigenvalue weighted by Crippen LogP contribution is 2.36. The summed E-state index contributed by atoms with van der Waals surface area (Å²) in [6.45, 7) is 2.55. The third-order valence-electron chi connectivity index (χ3n) is 6.31. The topological polar surface area (TPSA) is 114 Å². The van der Waals surface area contributed by atoms with Crippen LogP contribution in [0.4, 0.5) is 5.82 Å². The molecule has 1 spiro atoms. The lowest BCUT2D eigenvalue weighted by atomic mass is 10.0. The molecule has 12 heteroatoms. The van der Waals surface area contributed by atoms with Gasteiger partial charge in [-0.15, -0.1) is 0 Å². The van der Waals surface area contributed by atoms with Crippen LogP contribution in [0.3, 0.4) is 0 Å². The largest absolute Gasteiger partial charge is 0.481 e. The van der Waals surface area contributed by atoms with E-state index in [0.717, 1.165) is 11.8 Å². The molecule has 1 amide bonds. The summed E-state index contributed by atoms with van der Waals surface area (Å²) in [5.74, 6) is -1.33. The number of amides is 1.